The van der Waals surface area contributed by atoms with Crippen LogP contribution < -0.4 is 11.1 Å². The van der Waals surface area contributed by atoms with E-state index < -0.39 is 6.04 Å². The number of hydrogen-bond acceptors (Lipinski definition) is 4. The molecule has 3 N–H and O–H groups in total. The van der Waals surface area contributed by atoms with Gasteiger partial charge < -0.3 is 11.1 Å². The van der Waals surface area contributed by atoms with E-state index >= 15 is 0 Å². The zero-order valence-electron chi connectivity index (χ0n) is 10.1. The Kier molecular flexibility index (Phi) is 4.07. The summed E-state index contributed by atoms with van der Waals surface area (Å²) in [5.74, 6) is -0.201. The molecule has 1 atom stereocenters. The lowest BCUT2D eigenvalue weighted by Gasteiger charge is -2.10. The Hall–Kier alpha value is -1.72. The van der Waals surface area contributed by atoms with Gasteiger partial charge in [0.1, 0.15) is 0 Å². The lowest BCUT2D eigenvalue weighted by atomic mass is 10.1. The average molecular weight is 261 g/mol. The number of nitrogens with zero attached hydrogens (tertiary/aromatic N) is 1. The number of nitrogens with one attached hydrogen (secondary N) is 1. The van der Waals surface area contributed by atoms with Gasteiger partial charge in [-0.05, 0) is 18.9 Å². The molecule has 1 amide bonds. The molecule has 18 heavy (non-hydrogen) atoms. The van der Waals surface area contributed by atoms with Gasteiger partial charge in [0.2, 0.25) is 5.91 Å². The van der Waals surface area contributed by atoms with Crippen molar-refractivity contribution in [1.29, 1.82) is 0 Å². The van der Waals surface area contributed by atoms with Gasteiger partial charge in [-0.1, -0.05) is 30.3 Å². The molecule has 1 heterocycles. The molecule has 0 aliphatic rings. The molecule has 5 heteroatoms. The van der Waals surface area contributed by atoms with Crippen LogP contribution in [0.4, 0.5) is 5.13 Å². The molecular weight excluding hydrogens is 246 g/mol. The Labute approximate surface area is 110 Å². The summed E-state index contributed by atoms with van der Waals surface area (Å²) in [6.07, 6.45) is 2.25. The normalized spacial score (nSPS) is 12.1. The van der Waals surface area contributed by atoms with Crippen LogP contribution in [0.15, 0.2) is 36.5 Å². The van der Waals surface area contributed by atoms with Crippen molar-refractivity contribution in [3.05, 3.63) is 47.0 Å². The second-order valence-corrected chi connectivity index (χ2v) is 5.30. The van der Waals surface area contributed by atoms with E-state index in [1.54, 1.807) is 6.20 Å². The summed E-state index contributed by atoms with van der Waals surface area (Å²) in [4.78, 5) is 17.0. The maximum absolute atomic E-state index is 11.9. The SMILES string of the molecule is Cc1cnc(NC(=O)C(N)Cc2ccccc2)s1. The molecule has 0 spiro atoms. The number of nitrogens with two attached hydrogens (primary N) is 1. The molecule has 2 aromatic rings. The van der Waals surface area contributed by atoms with Crippen LogP contribution >= 0.6 is 11.3 Å². The zero-order valence-corrected chi connectivity index (χ0v) is 10.9. The smallest absolute Gasteiger partial charge is 0.243 e. The number of hydrogen-bond donors (Lipinski definition) is 2. The minimum atomic E-state index is -0.559. The minimum Gasteiger partial charge on any atom is -0.320 e. The van der Waals surface area contributed by atoms with Gasteiger partial charge in [0, 0.05) is 11.1 Å². The van der Waals surface area contributed by atoms with Crippen molar-refractivity contribution in [1.82, 2.24) is 4.98 Å². The van der Waals surface area contributed by atoms with Crippen LogP contribution in [0, 0.1) is 6.92 Å². The van der Waals surface area contributed by atoms with E-state index in [2.05, 4.69) is 10.3 Å². The van der Waals surface area contributed by atoms with Gasteiger partial charge in [-0.3, -0.25) is 4.79 Å². The van der Waals surface area contributed by atoms with E-state index in [0.29, 0.717) is 11.6 Å². The highest BCUT2D eigenvalue weighted by Gasteiger charge is 2.15. The molecular formula is C13H15N3OS. The maximum atomic E-state index is 11.9. The molecule has 2 rings (SSSR count). The monoisotopic (exact) mass is 261 g/mol. The fourth-order valence-electron chi connectivity index (χ4n) is 1.57. The van der Waals surface area contributed by atoms with Crippen LogP contribution in [-0.4, -0.2) is 16.9 Å². The van der Waals surface area contributed by atoms with Crippen LogP contribution in [0.2, 0.25) is 0 Å². The number of aromatic nitrogens is 1. The number of aryl methyl sites for hydroxylation is 1. The molecule has 0 aliphatic heterocycles. The lowest BCUT2D eigenvalue weighted by Crippen LogP contribution is -2.37. The van der Waals surface area contributed by atoms with Crippen LogP contribution in [0.3, 0.4) is 0 Å². The lowest BCUT2D eigenvalue weighted by molar-refractivity contribution is -0.117. The predicted molar refractivity (Wildman–Crippen MR) is 73.6 cm³/mol. The first-order valence-electron chi connectivity index (χ1n) is 5.68. The molecule has 0 fully saturated rings. The van der Waals surface area contributed by atoms with Crippen LogP contribution in [-0.2, 0) is 11.2 Å². The van der Waals surface area contributed by atoms with Gasteiger partial charge >= 0.3 is 0 Å². The largest absolute Gasteiger partial charge is 0.320 e. The summed E-state index contributed by atoms with van der Waals surface area (Å²) >= 11 is 1.44. The Balaban J connectivity index is 1.93. The standard InChI is InChI=1S/C13H15N3OS/c1-9-8-15-13(18-9)16-12(17)11(14)7-10-5-3-2-4-6-10/h2-6,8,11H,7,14H2,1H3,(H,15,16,17). The number of anilines is 1. The van der Waals surface area contributed by atoms with Crippen LogP contribution in [0.5, 0.6) is 0 Å². The molecule has 1 aromatic carbocycles. The second-order valence-electron chi connectivity index (χ2n) is 4.06. The molecule has 0 radical (unpaired) electrons. The first-order chi connectivity index (χ1) is 8.65. The molecule has 0 saturated carbocycles. The summed E-state index contributed by atoms with van der Waals surface area (Å²) in [6, 6.07) is 9.17. The van der Waals surface area contributed by atoms with Crippen molar-refractivity contribution in [2.45, 2.75) is 19.4 Å². The summed E-state index contributed by atoms with van der Waals surface area (Å²) in [6.45, 7) is 1.94. The molecule has 0 saturated heterocycles. The summed E-state index contributed by atoms with van der Waals surface area (Å²) in [5, 5.41) is 3.32. The topological polar surface area (TPSA) is 68.0 Å². The third-order valence-corrected chi connectivity index (χ3v) is 3.31. The minimum absolute atomic E-state index is 0.201. The van der Waals surface area contributed by atoms with Crippen molar-refractivity contribution in [2.75, 3.05) is 5.32 Å². The highest BCUT2D eigenvalue weighted by Crippen LogP contribution is 2.16. The third kappa shape index (κ3) is 3.38. The zero-order chi connectivity index (χ0) is 13.0. The number of amides is 1. The van der Waals surface area contributed by atoms with Crippen LogP contribution in [0.25, 0.3) is 0 Å². The molecule has 4 nitrogen and oxygen atoms in total. The van der Waals surface area contributed by atoms with Crippen molar-refractivity contribution in [3.8, 4) is 0 Å². The number of rotatable bonds is 4. The molecule has 0 aliphatic carbocycles. The Morgan fingerprint density at radius 1 is 1.44 bits per heavy atom. The van der Waals surface area contributed by atoms with Crippen molar-refractivity contribution in [2.24, 2.45) is 5.73 Å². The van der Waals surface area contributed by atoms with Gasteiger partial charge in [-0.15, -0.1) is 11.3 Å². The first-order valence-corrected chi connectivity index (χ1v) is 6.49. The van der Waals surface area contributed by atoms with E-state index in [0.717, 1.165) is 10.4 Å². The van der Waals surface area contributed by atoms with E-state index in [-0.39, 0.29) is 5.91 Å². The third-order valence-electron chi connectivity index (χ3n) is 2.49. The van der Waals surface area contributed by atoms with Crippen molar-refractivity contribution >= 4 is 22.4 Å². The van der Waals surface area contributed by atoms with E-state index in [4.69, 9.17) is 5.73 Å². The van der Waals surface area contributed by atoms with E-state index in [1.165, 1.54) is 11.3 Å². The average Bonchev–Trinajstić information content (AvgIpc) is 2.76. The highest BCUT2D eigenvalue weighted by atomic mass is 32.1. The van der Waals surface area contributed by atoms with Gasteiger partial charge in [0.15, 0.2) is 5.13 Å². The Morgan fingerprint density at radius 2 is 2.17 bits per heavy atom. The van der Waals surface area contributed by atoms with Gasteiger partial charge in [-0.2, -0.15) is 0 Å². The molecule has 0 bridgehead atoms. The summed E-state index contributed by atoms with van der Waals surface area (Å²) in [5.41, 5.74) is 6.92. The fourth-order valence-corrected chi connectivity index (χ4v) is 2.24. The highest BCUT2D eigenvalue weighted by molar-refractivity contribution is 7.15. The molecule has 1 aromatic heterocycles. The van der Waals surface area contributed by atoms with E-state index in [9.17, 15) is 4.79 Å². The number of carbonyl (C=O) groups is 1. The van der Waals surface area contributed by atoms with Crippen LogP contribution in [0.1, 0.15) is 10.4 Å². The van der Waals surface area contributed by atoms with Gasteiger partial charge in [-0.25, -0.2) is 4.98 Å². The fraction of sp³-hybridized carbons (Fsp3) is 0.231. The maximum Gasteiger partial charge on any atom is 0.243 e. The first kappa shape index (κ1) is 12.7. The van der Waals surface area contributed by atoms with Gasteiger partial charge in [0.25, 0.3) is 0 Å². The summed E-state index contributed by atoms with van der Waals surface area (Å²) in [7, 11) is 0. The quantitative estimate of drug-likeness (QED) is 0.884. The number of benzene rings is 1. The molecule has 94 valence electrons. The predicted octanol–water partition coefficient (Wildman–Crippen LogP) is 1.96. The Bertz CT molecular complexity index is 524. The Morgan fingerprint density at radius 3 is 2.78 bits per heavy atom. The second kappa shape index (κ2) is 5.75. The number of carbonyl (C=O) groups excluding carboxylic acids is 1. The van der Waals surface area contributed by atoms with Crippen molar-refractivity contribution in [3.63, 3.8) is 0 Å². The van der Waals surface area contributed by atoms with E-state index in [1.807, 2.05) is 37.3 Å². The van der Waals surface area contributed by atoms with Crippen molar-refractivity contribution < 1.29 is 4.79 Å². The number of thiazole rings is 1. The molecule has 1 unspecified atom stereocenters. The van der Waals surface area contributed by atoms with Gasteiger partial charge in [0.05, 0.1) is 6.04 Å². The summed E-state index contributed by atoms with van der Waals surface area (Å²) < 4.78 is 0.